The first kappa shape index (κ1) is 22.6. The summed E-state index contributed by atoms with van der Waals surface area (Å²) in [5.74, 6) is -0.0182. The molecule has 0 aliphatic heterocycles. The van der Waals surface area contributed by atoms with Crippen molar-refractivity contribution in [3.63, 3.8) is 0 Å². The molecule has 150 valence electrons. The molecule has 0 aliphatic rings. The largest absolute Gasteiger partial charge is 0.345 e. The van der Waals surface area contributed by atoms with Gasteiger partial charge >= 0.3 is 0 Å². The topological polar surface area (TPSA) is 40.6 Å². The van der Waals surface area contributed by atoms with Crippen LogP contribution in [0.1, 0.15) is 29.8 Å². The number of carbonyl (C=O) groups is 2. The molecule has 7 heteroatoms. The van der Waals surface area contributed by atoms with Crippen molar-refractivity contribution in [2.24, 2.45) is 0 Å². The van der Waals surface area contributed by atoms with Gasteiger partial charge in [-0.05, 0) is 49.7 Å². The van der Waals surface area contributed by atoms with Crippen molar-refractivity contribution in [3.8, 4) is 0 Å². The maximum Gasteiger partial charge on any atom is 0.253 e. The van der Waals surface area contributed by atoms with Gasteiger partial charge in [-0.2, -0.15) is 0 Å². The Labute approximate surface area is 180 Å². The third kappa shape index (κ3) is 5.90. The predicted octanol–water partition coefficient (Wildman–Crippen LogP) is 5.22. The molecule has 2 aromatic rings. The van der Waals surface area contributed by atoms with Gasteiger partial charge in [0.15, 0.2) is 0 Å². The third-order valence-electron chi connectivity index (χ3n) is 4.22. The number of carbonyl (C=O) groups excluding carboxylic acids is 2. The summed E-state index contributed by atoms with van der Waals surface area (Å²) >= 11 is 13.7. The first-order valence-corrected chi connectivity index (χ1v) is 10.6. The molecule has 0 bridgehead atoms. The molecule has 2 aromatic carbocycles. The molecular weight excluding hydrogens is 415 g/mol. The molecule has 0 saturated carbocycles. The highest BCUT2D eigenvalue weighted by molar-refractivity contribution is 8.00. The Bertz CT molecular complexity index is 841. The quantitative estimate of drug-likeness (QED) is 0.555. The number of hydrogen-bond acceptors (Lipinski definition) is 3. The lowest BCUT2D eigenvalue weighted by molar-refractivity contribution is -0.130. The van der Waals surface area contributed by atoms with Crippen LogP contribution in [-0.4, -0.2) is 47.5 Å². The van der Waals surface area contributed by atoms with Crippen LogP contribution in [0.15, 0.2) is 47.4 Å². The summed E-state index contributed by atoms with van der Waals surface area (Å²) in [7, 11) is 3.44. The van der Waals surface area contributed by atoms with Crippen molar-refractivity contribution >= 4 is 46.8 Å². The van der Waals surface area contributed by atoms with Crippen molar-refractivity contribution in [3.05, 3.63) is 63.6 Å². The van der Waals surface area contributed by atoms with Gasteiger partial charge in [0.1, 0.15) is 0 Å². The molecule has 1 unspecified atom stereocenters. The molecule has 2 rings (SSSR count). The average Bonchev–Trinajstić information content (AvgIpc) is 2.68. The average molecular weight is 439 g/mol. The van der Waals surface area contributed by atoms with E-state index in [-0.39, 0.29) is 17.1 Å². The molecule has 0 heterocycles. The zero-order valence-corrected chi connectivity index (χ0v) is 18.7. The normalized spacial score (nSPS) is 11.8. The molecule has 2 amide bonds. The summed E-state index contributed by atoms with van der Waals surface area (Å²) in [5, 5.41) is 0.870. The van der Waals surface area contributed by atoms with E-state index in [2.05, 4.69) is 0 Å². The Morgan fingerprint density at radius 3 is 2.29 bits per heavy atom. The lowest BCUT2D eigenvalue weighted by Crippen LogP contribution is -2.36. The third-order valence-corrected chi connectivity index (χ3v) is 6.04. The van der Waals surface area contributed by atoms with E-state index in [1.165, 1.54) is 16.7 Å². The summed E-state index contributed by atoms with van der Waals surface area (Å²) in [6.45, 7) is 4.89. The van der Waals surface area contributed by atoms with E-state index in [4.69, 9.17) is 23.2 Å². The van der Waals surface area contributed by atoms with Crippen LogP contribution in [0.5, 0.6) is 0 Å². The van der Waals surface area contributed by atoms with Crippen LogP contribution in [0.4, 0.5) is 0 Å². The van der Waals surface area contributed by atoms with Crippen LogP contribution in [0.2, 0.25) is 10.0 Å². The lowest BCUT2D eigenvalue weighted by Gasteiger charge is -2.24. The van der Waals surface area contributed by atoms with E-state index < -0.39 is 0 Å². The van der Waals surface area contributed by atoms with E-state index >= 15 is 0 Å². The van der Waals surface area contributed by atoms with Crippen molar-refractivity contribution < 1.29 is 9.59 Å². The van der Waals surface area contributed by atoms with Crippen molar-refractivity contribution in [2.45, 2.75) is 30.5 Å². The highest BCUT2D eigenvalue weighted by Crippen LogP contribution is 2.33. The Balaban J connectivity index is 2.06. The predicted molar refractivity (Wildman–Crippen MR) is 117 cm³/mol. The summed E-state index contributed by atoms with van der Waals surface area (Å²) < 4.78 is 0. The zero-order valence-electron chi connectivity index (χ0n) is 16.4. The van der Waals surface area contributed by atoms with Gasteiger partial charge in [-0.15, -0.1) is 11.8 Å². The van der Waals surface area contributed by atoms with Gasteiger partial charge in [-0.3, -0.25) is 9.59 Å². The molecule has 0 aliphatic carbocycles. The van der Waals surface area contributed by atoms with Crippen LogP contribution in [-0.2, 0) is 11.3 Å². The van der Waals surface area contributed by atoms with Crippen molar-refractivity contribution in [2.75, 3.05) is 20.6 Å². The number of hydrogen-bond donors (Lipinski definition) is 0. The molecule has 0 fully saturated rings. The molecule has 0 N–H and O–H groups in total. The summed E-state index contributed by atoms with van der Waals surface area (Å²) in [4.78, 5) is 29.0. The molecule has 4 nitrogen and oxygen atoms in total. The van der Waals surface area contributed by atoms with Gasteiger partial charge in [0.2, 0.25) is 5.91 Å². The minimum absolute atomic E-state index is 0.0250. The molecule has 28 heavy (non-hydrogen) atoms. The van der Waals surface area contributed by atoms with Crippen molar-refractivity contribution in [1.29, 1.82) is 0 Å². The maximum atomic E-state index is 12.9. The molecule has 0 aromatic heterocycles. The second kappa shape index (κ2) is 10.2. The Hall–Kier alpha value is -1.69. The van der Waals surface area contributed by atoms with Gasteiger partial charge in [0.05, 0.1) is 10.3 Å². The summed E-state index contributed by atoms with van der Waals surface area (Å²) in [5.41, 5.74) is 1.60. The van der Waals surface area contributed by atoms with Crippen LogP contribution in [0.25, 0.3) is 0 Å². The lowest BCUT2D eigenvalue weighted by atomic mass is 10.1. The maximum absolute atomic E-state index is 12.9. The van der Waals surface area contributed by atoms with E-state index in [1.54, 1.807) is 49.3 Å². The fourth-order valence-electron chi connectivity index (χ4n) is 2.64. The van der Waals surface area contributed by atoms with Crippen LogP contribution < -0.4 is 0 Å². The first-order valence-electron chi connectivity index (χ1n) is 8.94. The second-order valence-corrected chi connectivity index (χ2v) is 8.81. The fraction of sp³-hybridized carbons (Fsp3) is 0.333. The van der Waals surface area contributed by atoms with Crippen LogP contribution in [0.3, 0.4) is 0 Å². The van der Waals surface area contributed by atoms with E-state index in [0.29, 0.717) is 28.7 Å². The number of halogens is 2. The monoisotopic (exact) mass is 438 g/mol. The molecule has 0 saturated heterocycles. The molecule has 1 atom stereocenters. The highest BCUT2D eigenvalue weighted by atomic mass is 35.5. The molecule has 0 radical (unpaired) electrons. The summed E-state index contributed by atoms with van der Waals surface area (Å²) in [6.07, 6.45) is 0. The van der Waals surface area contributed by atoms with Crippen molar-refractivity contribution in [1.82, 2.24) is 9.80 Å². The van der Waals surface area contributed by atoms with Gasteiger partial charge < -0.3 is 9.80 Å². The minimum Gasteiger partial charge on any atom is -0.345 e. The minimum atomic E-state index is -0.300. The summed E-state index contributed by atoms with van der Waals surface area (Å²) in [6, 6.07) is 12.6. The Morgan fingerprint density at radius 2 is 1.71 bits per heavy atom. The van der Waals surface area contributed by atoms with Gasteiger partial charge in [0.25, 0.3) is 5.91 Å². The number of amides is 2. The smallest absolute Gasteiger partial charge is 0.253 e. The Morgan fingerprint density at radius 1 is 1.07 bits per heavy atom. The standard InChI is InChI=1S/C21H24Cl2N2O2S/c1-5-25(13-15-6-8-16(9-7-15)21(27)24(3)4)20(26)14(2)28-19-12-17(22)10-11-18(19)23/h6-12,14H,5,13H2,1-4H3. The second-order valence-electron chi connectivity index (χ2n) is 6.58. The molecular formula is C21H24Cl2N2O2S. The van der Waals surface area contributed by atoms with E-state index in [9.17, 15) is 9.59 Å². The van der Waals surface area contributed by atoms with Gasteiger partial charge in [-0.1, -0.05) is 35.3 Å². The van der Waals surface area contributed by atoms with Crippen LogP contribution >= 0.6 is 35.0 Å². The zero-order chi connectivity index (χ0) is 20.8. The van der Waals surface area contributed by atoms with Gasteiger partial charge in [0, 0.05) is 42.7 Å². The Kier molecular flexibility index (Phi) is 8.23. The highest BCUT2D eigenvalue weighted by Gasteiger charge is 2.22. The van der Waals surface area contributed by atoms with Crippen LogP contribution in [0, 0.1) is 0 Å². The number of nitrogens with zero attached hydrogens (tertiary/aromatic N) is 2. The van der Waals surface area contributed by atoms with E-state index in [1.807, 2.05) is 26.0 Å². The van der Waals surface area contributed by atoms with E-state index in [0.717, 1.165) is 10.5 Å². The molecule has 0 spiro atoms. The number of thioether (sulfide) groups is 1. The first-order chi connectivity index (χ1) is 13.2. The number of rotatable bonds is 7. The van der Waals surface area contributed by atoms with Gasteiger partial charge in [-0.25, -0.2) is 0 Å². The fourth-order valence-corrected chi connectivity index (χ4v) is 4.14. The SMILES string of the molecule is CCN(Cc1ccc(C(=O)N(C)C)cc1)C(=O)C(C)Sc1cc(Cl)ccc1Cl. The number of benzene rings is 2.